The molecule has 4 unspecified atom stereocenters. The van der Waals surface area contributed by atoms with Gasteiger partial charge in [0, 0.05) is 54.7 Å². The number of esters is 2. The van der Waals surface area contributed by atoms with Crippen molar-refractivity contribution in [2.24, 2.45) is 11.7 Å². The first-order valence-corrected chi connectivity index (χ1v) is 42.8. The van der Waals surface area contributed by atoms with Crippen LogP contribution in [0.5, 0.6) is 11.5 Å². The summed E-state index contributed by atoms with van der Waals surface area (Å²) in [6.45, 7) is 3.07. The molecule has 1 aliphatic rings. The summed E-state index contributed by atoms with van der Waals surface area (Å²) in [6.07, 6.45) is 10.1. The van der Waals surface area contributed by atoms with Gasteiger partial charge in [0.1, 0.15) is 71.9 Å². The van der Waals surface area contributed by atoms with Crippen molar-refractivity contribution in [1.82, 2.24) is 58.1 Å². The minimum absolute atomic E-state index is 0.0258. The van der Waals surface area contributed by atoms with Crippen LogP contribution in [0.15, 0.2) is 48.5 Å². The zero-order valence-corrected chi connectivity index (χ0v) is 67.4. The van der Waals surface area contributed by atoms with E-state index in [0.29, 0.717) is 11.1 Å². The minimum Gasteiger partial charge on any atom is -0.508 e. The number of nitrogens with one attached hydrogen (secondary N) is 10. The van der Waals surface area contributed by atoms with Gasteiger partial charge in [0.05, 0.1) is 33.3 Å². The lowest BCUT2D eigenvalue weighted by atomic mass is 10.0. The fourth-order valence-corrected chi connectivity index (χ4v) is 9.81. The number of methoxy groups -OCH3 is 2. The molecule has 1 heterocycles. The van der Waals surface area contributed by atoms with Gasteiger partial charge < -0.3 is 88.6 Å². The molecule has 1 fully saturated rings. The van der Waals surface area contributed by atoms with Crippen molar-refractivity contribution in [1.29, 1.82) is 0 Å². The summed E-state index contributed by atoms with van der Waals surface area (Å²) in [6, 6.07) is -2.86. The van der Waals surface area contributed by atoms with Crippen LogP contribution in [0, 0.1) is 5.92 Å². The van der Waals surface area contributed by atoms with E-state index in [-0.39, 0.29) is 73.8 Å². The molecule has 0 radical (unpaired) electrons. The van der Waals surface area contributed by atoms with E-state index < -0.39 is 174 Å². The largest absolute Gasteiger partial charge is 0.508 e. The maximum atomic E-state index is 14.1. The Morgan fingerprint density at radius 1 is 0.524 bits per heavy atom. The van der Waals surface area contributed by atoms with E-state index in [1.165, 1.54) is 69.5 Å². The Morgan fingerprint density at radius 3 is 1.34 bits per heavy atom. The summed E-state index contributed by atoms with van der Waals surface area (Å²) in [5.74, 6) is -14.7. The molecule has 2 aromatic carbocycles. The molecule has 1 saturated heterocycles. The summed E-state index contributed by atoms with van der Waals surface area (Å²) in [5, 5.41) is 54.0. The van der Waals surface area contributed by atoms with Gasteiger partial charge in [0.15, 0.2) is 0 Å². The number of phenols is 2. The molecule has 0 saturated carbocycles. The summed E-state index contributed by atoms with van der Waals surface area (Å²) in [7, 11) is 12.9. The molecule has 103 heavy (non-hydrogen) atoms. The Kier molecular flexibility index (Phi) is 51.5. The average Bonchev–Trinajstić information content (AvgIpc) is 1.74. The van der Waals surface area contributed by atoms with Gasteiger partial charge in [-0.25, -0.2) is 4.79 Å². The fraction of sp³-hybridized carbons (Fsp3) is 0.581. The first-order valence-electron chi connectivity index (χ1n) is 31.4. The lowest BCUT2D eigenvalue weighted by Gasteiger charge is -2.30. The highest BCUT2D eigenvalue weighted by atomic mass is 33.1. The Morgan fingerprint density at radius 2 is 0.922 bits per heavy atom. The van der Waals surface area contributed by atoms with Crippen LogP contribution in [-0.4, -0.2) is 257 Å². The van der Waals surface area contributed by atoms with Crippen molar-refractivity contribution in [3.63, 3.8) is 0 Å². The molecule has 2 aromatic rings. The van der Waals surface area contributed by atoms with Crippen LogP contribution in [0.2, 0.25) is 0 Å². The number of thiol groups is 4. The number of aliphatic hydroxyl groups excluding tert-OH is 1. The predicted molar refractivity (Wildman–Crippen MR) is 419 cm³/mol. The van der Waals surface area contributed by atoms with Crippen molar-refractivity contribution in [3.8, 4) is 11.5 Å². The van der Waals surface area contributed by atoms with Gasteiger partial charge in [-0.05, 0) is 106 Å². The molecule has 3 rings (SSSR count). The van der Waals surface area contributed by atoms with Crippen LogP contribution in [0.3, 0.4) is 0 Å². The number of nitrogens with two attached hydrogens (primary N) is 1. The van der Waals surface area contributed by atoms with E-state index in [1.54, 1.807) is 64.8 Å². The van der Waals surface area contributed by atoms with E-state index in [4.69, 9.17) is 10.5 Å². The number of ether oxygens (including phenoxy) is 2. The van der Waals surface area contributed by atoms with Gasteiger partial charge >= 0.3 is 11.9 Å². The van der Waals surface area contributed by atoms with Crippen LogP contribution in [-0.2, 0) is 89.4 Å². The Labute approximate surface area is 646 Å². The lowest BCUT2D eigenvalue weighted by Crippen LogP contribution is -2.61. The fourth-order valence-electron chi connectivity index (χ4n) is 8.79. The number of amides is 12. The van der Waals surface area contributed by atoms with E-state index in [9.17, 15) is 82.4 Å². The molecule has 31 nitrogen and oxygen atoms in total. The zero-order chi connectivity index (χ0) is 78.5. The predicted octanol–water partition coefficient (Wildman–Crippen LogP) is -0.00680. The molecule has 41 heteroatoms. The second-order valence-corrected chi connectivity index (χ2v) is 31.5. The maximum absolute atomic E-state index is 14.1. The Bertz CT molecular complexity index is 3030. The van der Waals surface area contributed by atoms with E-state index in [2.05, 4.69) is 146 Å². The summed E-state index contributed by atoms with van der Waals surface area (Å²) in [5.41, 5.74) is 6.55. The molecule has 0 spiro atoms. The molecule has 15 N–H and O–H groups in total. The standard InChI is InChI=1S/C56H80N12O19S4.3C2H6S2/c1-27(8-17-44(74)86-4)46(75)61-34(19-30-9-13-32(70)14-10-30)48(77)65-39(25-90)51(80)66-38(24-89)50(79)62-35(21-42(57)72)55(84)68-18-6-7-41(68)53(82)59-28(2)47(76)64-40(26-91)52(81)67-45(29(3)69)54(83)58-22-43(73)60-37(23-88)49(78)63-36(56(85)87-5)20-31-11-15-33(71)16-12-31;3*1-3-4-2/h9-16,27-29,34-41,45,69-71,88-91H,6-8,17-26H2,1-5H3,(H2,57,72)(H,58,83)(H,59,82)(H,60,73)(H,61,75)(H,62,79)(H,63,78)(H,64,76)(H,65,77)(H,66,80)(H,67,81);3*1-2H3/t27?,28?,29-,34+,35+,36?,37?,38+,39+,40+,41+,45+;;;/m1.../s1. The average molecular weight is 1640 g/mol. The van der Waals surface area contributed by atoms with Crippen LogP contribution in [0.1, 0.15) is 64.0 Å². The molecule has 580 valence electrons. The number of phenolic OH excluding ortho intramolecular Hbond substituents is 2. The van der Waals surface area contributed by atoms with Gasteiger partial charge in [-0.15, -0.1) is 0 Å². The molecule has 1 aliphatic heterocycles. The van der Waals surface area contributed by atoms with Gasteiger partial charge in [-0.3, -0.25) is 62.3 Å². The van der Waals surface area contributed by atoms with Crippen LogP contribution >= 0.6 is 115 Å². The highest BCUT2D eigenvalue weighted by Crippen LogP contribution is 2.21. The number of carbonyl (C=O) groups excluding carboxylic acids is 14. The number of benzene rings is 2. The molecule has 0 aliphatic carbocycles. The lowest BCUT2D eigenvalue weighted by molar-refractivity contribution is -0.145. The molecule has 0 bridgehead atoms. The van der Waals surface area contributed by atoms with E-state index >= 15 is 0 Å². The number of aromatic hydroxyl groups is 2. The van der Waals surface area contributed by atoms with Crippen LogP contribution in [0.25, 0.3) is 0 Å². The van der Waals surface area contributed by atoms with Crippen molar-refractivity contribution < 1.29 is 91.9 Å². The second-order valence-electron chi connectivity index (χ2n) is 22.0. The molecular weight excluding hydrogens is 1540 g/mol. The van der Waals surface area contributed by atoms with Gasteiger partial charge in [0.25, 0.3) is 0 Å². The highest BCUT2D eigenvalue weighted by Gasteiger charge is 2.41. The number of hydrogen-bond acceptors (Lipinski definition) is 29. The number of aliphatic hydroxyl groups is 1. The normalized spacial score (nSPS) is 15.2. The Balaban J connectivity index is 0.00000800. The molecular formula is C62H98N12O19S10. The third kappa shape index (κ3) is 38.3. The number of primary amides is 1. The van der Waals surface area contributed by atoms with Crippen LogP contribution in [0.4, 0.5) is 0 Å². The van der Waals surface area contributed by atoms with E-state index in [0.717, 1.165) is 18.9 Å². The third-order valence-electron chi connectivity index (χ3n) is 14.5. The summed E-state index contributed by atoms with van der Waals surface area (Å²) < 4.78 is 9.44. The SMILES string of the molecule is COC(=O)CCC(C)C(=O)N[C@@H](Cc1ccc(O)cc1)C(=O)N[C@@H](CS)C(=O)N[C@@H](CS)C(=O)N[C@@H](CC(N)=O)C(=O)N1CCC[C@H]1C(=O)NC(C)C(=O)N[C@@H](CS)C(=O)N[C@H](C(=O)NCC(=O)NC(CS)C(=O)NC(Cc1ccc(O)cc1)C(=O)OC)[C@@H](C)O.CSSC.CSSC.CSSC. The van der Waals surface area contributed by atoms with Crippen LogP contribution < -0.4 is 58.9 Å². The first-order chi connectivity index (χ1) is 48.7. The first kappa shape index (κ1) is 97.1. The van der Waals surface area contributed by atoms with Crippen molar-refractivity contribution >= 4 is 198 Å². The Hall–Kier alpha value is -5.92. The maximum Gasteiger partial charge on any atom is 0.328 e. The van der Waals surface area contributed by atoms with Gasteiger partial charge in [-0.1, -0.05) is 96.0 Å². The number of nitrogens with zero attached hydrogens (tertiary/aromatic N) is 1. The highest BCUT2D eigenvalue weighted by molar-refractivity contribution is 8.76. The molecule has 12 atom stereocenters. The number of rotatable bonds is 39. The smallest absolute Gasteiger partial charge is 0.328 e. The number of hydrogen-bond donors (Lipinski definition) is 18. The second kappa shape index (κ2) is 54.6. The number of carbonyl (C=O) groups is 14. The summed E-state index contributed by atoms with van der Waals surface area (Å²) >= 11 is 16.6. The third-order valence-corrected chi connectivity index (χ3v) is 20.0. The monoisotopic (exact) mass is 1630 g/mol. The molecule has 0 aromatic heterocycles. The quantitative estimate of drug-likeness (QED) is 0.0238. The number of likely N-dealkylation sites (tertiary alicyclic amines) is 1. The zero-order valence-electron chi connectivity index (χ0n) is 58.9. The summed E-state index contributed by atoms with van der Waals surface area (Å²) in [4.78, 5) is 186. The minimum atomic E-state index is -1.73. The van der Waals surface area contributed by atoms with Gasteiger partial charge in [-0.2, -0.15) is 50.5 Å². The topological polar surface area (TPSA) is 468 Å². The van der Waals surface area contributed by atoms with Gasteiger partial charge in [0.2, 0.25) is 70.9 Å². The van der Waals surface area contributed by atoms with Crippen molar-refractivity contribution in [2.75, 3.05) is 87.9 Å². The van der Waals surface area contributed by atoms with Crippen molar-refractivity contribution in [3.05, 3.63) is 59.7 Å². The van der Waals surface area contributed by atoms with E-state index in [1.807, 2.05) is 0 Å². The molecule has 12 amide bonds. The van der Waals surface area contributed by atoms with Crippen molar-refractivity contribution in [2.45, 2.75) is 132 Å².